The molecule has 2 aromatic carbocycles. The van der Waals surface area contributed by atoms with Gasteiger partial charge in [-0.25, -0.2) is 0 Å². The van der Waals surface area contributed by atoms with Gasteiger partial charge in [0.05, 0.1) is 11.6 Å². The second-order valence-electron chi connectivity index (χ2n) is 10.4. The van der Waals surface area contributed by atoms with E-state index in [1.54, 1.807) is 0 Å². The fourth-order valence-electron chi connectivity index (χ4n) is 5.86. The second kappa shape index (κ2) is 7.36. The van der Waals surface area contributed by atoms with Crippen molar-refractivity contribution in [2.75, 3.05) is 23.9 Å². The van der Waals surface area contributed by atoms with Crippen molar-refractivity contribution in [3.63, 3.8) is 0 Å². The molecule has 0 spiro atoms. The molecule has 0 radical (unpaired) electrons. The highest BCUT2D eigenvalue weighted by atomic mass is 16.3. The summed E-state index contributed by atoms with van der Waals surface area (Å²) in [6.07, 6.45) is 6.02. The Kier molecular flexibility index (Phi) is 4.77. The van der Waals surface area contributed by atoms with E-state index in [4.69, 9.17) is 0 Å². The number of likely N-dealkylation sites (N-methyl/N-ethyl adjacent to an activating group) is 2. The lowest BCUT2D eigenvalue weighted by atomic mass is 9.75. The molecule has 1 unspecified atom stereocenters. The number of anilines is 2. The fraction of sp³-hybridized carbons (Fsp3) is 0.310. The molecule has 2 aliphatic heterocycles. The Labute approximate surface area is 201 Å². The molecule has 1 atom stereocenters. The minimum absolute atomic E-state index is 0.215. The first kappa shape index (κ1) is 22.0. The van der Waals surface area contributed by atoms with Gasteiger partial charge in [0.2, 0.25) is 6.19 Å². The molecule has 5 rings (SSSR count). The average molecular weight is 451 g/mol. The van der Waals surface area contributed by atoms with Crippen LogP contribution in [-0.4, -0.2) is 24.9 Å². The number of para-hydroxylation sites is 2. The standard InChI is InChI=1S/C29H30N4O/c1-28(2)20-11-7-9-13-22(20)32(5)24(28)15-18-26(31-17-30)19(27(18)34)16-25-29(3,4)21-12-8-10-14-23(21)33(25)6/h7-16,18,34H,1-6H3/b24-15?,25-16?,31-26+. The first-order valence-electron chi connectivity index (χ1n) is 11.6. The van der Waals surface area contributed by atoms with Crippen LogP contribution in [0.3, 0.4) is 0 Å². The molecule has 0 amide bonds. The SMILES string of the molecule is CN1C(=CC2=C(O)C(C=C3N(C)c4ccccc4C3(C)C)/C2=N\C#N)C(C)(C)c2ccccc21. The van der Waals surface area contributed by atoms with Crippen molar-refractivity contribution < 1.29 is 5.11 Å². The number of aliphatic imine (C=N–C) groups is 1. The van der Waals surface area contributed by atoms with E-state index in [9.17, 15) is 10.4 Å². The molecule has 0 saturated carbocycles. The molecule has 0 aromatic heterocycles. The van der Waals surface area contributed by atoms with Crippen molar-refractivity contribution in [1.82, 2.24) is 0 Å². The van der Waals surface area contributed by atoms with Crippen LogP contribution in [0.5, 0.6) is 0 Å². The molecule has 1 aliphatic carbocycles. The van der Waals surface area contributed by atoms with Crippen LogP contribution in [-0.2, 0) is 10.8 Å². The van der Waals surface area contributed by atoms with Crippen molar-refractivity contribution in [3.05, 3.63) is 94.5 Å². The summed E-state index contributed by atoms with van der Waals surface area (Å²) in [5.74, 6) is -0.149. The Morgan fingerprint density at radius 1 is 0.882 bits per heavy atom. The summed E-state index contributed by atoms with van der Waals surface area (Å²) in [4.78, 5) is 8.49. The summed E-state index contributed by atoms with van der Waals surface area (Å²) in [5, 5.41) is 20.6. The van der Waals surface area contributed by atoms with Crippen LogP contribution in [0.2, 0.25) is 0 Å². The van der Waals surface area contributed by atoms with Gasteiger partial charge in [-0.2, -0.15) is 10.3 Å². The number of aliphatic hydroxyl groups excluding tert-OH is 1. The van der Waals surface area contributed by atoms with Crippen molar-refractivity contribution >= 4 is 17.1 Å². The molecular formula is C29H30N4O. The molecule has 5 heteroatoms. The van der Waals surface area contributed by atoms with Crippen molar-refractivity contribution in [2.45, 2.75) is 38.5 Å². The van der Waals surface area contributed by atoms with E-state index in [-0.39, 0.29) is 16.6 Å². The predicted molar refractivity (Wildman–Crippen MR) is 138 cm³/mol. The van der Waals surface area contributed by atoms with Gasteiger partial charge in [0.15, 0.2) is 0 Å². The highest BCUT2D eigenvalue weighted by Gasteiger charge is 2.44. The summed E-state index contributed by atoms with van der Waals surface area (Å²) in [6.45, 7) is 8.76. The summed E-state index contributed by atoms with van der Waals surface area (Å²) in [5.41, 5.74) is 7.78. The zero-order chi connectivity index (χ0) is 24.4. The molecule has 3 aliphatic rings. The maximum absolute atomic E-state index is 11.2. The maximum Gasteiger partial charge on any atom is 0.205 e. The number of allylic oxidation sites excluding steroid dienone is 5. The molecule has 0 fully saturated rings. The number of rotatable bonds is 2. The summed E-state index contributed by atoms with van der Waals surface area (Å²) < 4.78 is 0. The molecule has 1 N–H and O–H groups in total. The second-order valence-corrected chi connectivity index (χ2v) is 10.4. The summed E-state index contributed by atoms with van der Waals surface area (Å²) >= 11 is 0. The van der Waals surface area contributed by atoms with E-state index in [1.165, 1.54) is 11.1 Å². The first-order valence-corrected chi connectivity index (χ1v) is 11.6. The molecule has 2 aromatic rings. The molecule has 2 heterocycles. The van der Waals surface area contributed by atoms with Gasteiger partial charge in [0.1, 0.15) is 5.76 Å². The normalized spacial score (nSPS) is 25.6. The minimum Gasteiger partial charge on any atom is -0.511 e. The van der Waals surface area contributed by atoms with Crippen LogP contribution in [0.4, 0.5) is 11.4 Å². The van der Waals surface area contributed by atoms with E-state index in [0.29, 0.717) is 11.3 Å². The van der Waals surface area contributed by atoms with E-state index >= 15 is 0 Å². The Hall–Kier alpha value is -3.78. The van der Waals surface area contributed by atoms with Crippen LogP contribution < -0.4 is 9.80 Å². The van der Waals surface area contributed by atoms with Crippen LogP contribution in [0.15, 0.2) is 88.4 Å². The lowest BCUT2D eigenvalue weighted by Crippen LogP contribution is -2.34. The smallest absolute Gasteiger partial charge is 0.205 e. The number of nitrogens with zero attached hydrogens (tertiary/aromatic N) is 4. The van der Waals surface area contributed by atoms with Gasteiger partial charge < -0.3 is 14.9 Å². The average Bonchev–Trinajstić information content (AvgIpc) is 3.13. The number of aliphatic hydroxyl groups is 1. The Morgan fingerprint density at radius 3 is 1.91 bits per heavy atom. The van der Waals surface area contributed by atoms with Crippen molar-refractivity contribution in [2.24, 2.45) is 10.9 Å². The molecule has 172 valence electrons. The van der Waals surface area contributed by atoms with Gasteiger partial charge in [0, 0.05) is 53.3 Å². The lowest BCUT2D eigenvalue weighted by Gasteiger charge is -2.33. The molecule has 34 heavy (non-hydrogen) atoms. The van der Waals surface area contributed by atoms with E-state index in [0.717, 1.165) is 22.8 Å². The highest BCUT2D eigenvalue weighted by molar-refractivity contribution is 6.14. The minimum atomic E-state index is -0.408. The largest absolute Gasteiger partial charge is 0.511 e. The first-order chi connectivity index (χ1) is 16.1. The lowest BCUT2D eigenvalue weighted by molar-refractivity contribution is 0.366. The van der Waals surface area contributed by atoms with Crippen molar-refractivity contribution in [3.8, 4) is 6.19 Å². The number of hydrogen-bond donors (Lipinski definition) is 1. The van der Waals surface area contributed by atoms with Crippen LogP contribution in [0.1, 0.15) is 38.8 Å². The van der Waals surface area contributed by atoms with Gasteiger partial charge >= 0.3 is 0 Å². The Morgan fingerprint density at radius 2 is 1.38 bits per heavy atom. The molecular weight excluding hydrogens is 420 g/mol. The van der Waals surface area contributed by atoms with Crippen LogP contribution in [0.25, 0.3) is 0 Å². The fourth-order valence-corrected chi connectivity index (χ4v) is 5.86. The number of fused-ring (bicyclic) bond motifs is 2. The molecule has 5 nitrogen and oxygen atoms in total. The van der Waals surface area contributed by atoms with Gasteiger partial charge in [-0.15, -0.1) is 0 Å². The molecule has 0 saturated heterocycles. The Balaban J connectivity index is 1.58. The highest BCUT2D eigenvalue weighted by Crippen LogP contribution is 2.50. The maximum atomic E-state index is 11.2. The zero-order valence-electron chi connectivity index (χ0n) is 20.6. The van der Waals surface area contributed by atoms with Crippen LogP contribution >= 0.6 is 0 Å². The van der Waals surface area contributed by atoms with Crippen LogP contribution in [0, 0.1) is 17.4 Å². The predicted octanol–water partition coefficient (Wildman–Crippen LogP) is 5.97. The third-order valence-corrected chi connectivity index (χ3v) is 7.80. The van der Waals surface area contributed by atoms with Crippen molar-refractivity contribution in [1.29, 1.82) is 5.26 Å². The quantitative estimate of drug-likeness (QED) is 0.572. The molecule has 0 bridgehead atoms. The topological polar surface area (TPSA) is 62.9 Å². The number of benzene rings is 2. The van der Waals surface area contributed by atoms with E-state index < -0.39 is 5.92 Å². The van der Waals surface area contributed by atoms with Gasteiger partial charge in [-0.1, -0.05) is 64.1 Å². The van der Waals surface area contributed by atoms with E-state index in [2.05, 4.69) is 92.0 Å². The number of hydrogen-bond acceptors (Lipinski definition) is 5. The Bertz CT molecular complexity index is 1370. The van der Waals surface area contributed by atoms with Gasteiger partial charge in [0.25, 0.3) is 0 Å². The van der Waals surface area contributed by atoms with Gasteiger partial charge in [-0.05, 0) is 35.4 Å². The summed E-state index contributed by atoms with van der Waals surface area (Å²) in [7, 11) is 4.10. The number of nitriles is 1. The third kappa shape index (κ3) is 2.88. The van der Waals surface area contributed by atoms with Gasteiger partial charge in [-0.3, -0.25) is 0 Å². The van der Waals surface area contributed by atoms with E-state index in [1.807, 2.05) is 31.4 Å². The zero-order valence-corrected chi connectivity index (χ0v) is 20.6. The third-order valence-electron chi connectivity index (χ3n) is 7.80. The summed E-state index contributed by atoms with van der Waals surface area (Å²) in [6, 6.07) is 16.7. The monoisotopic (exact) mass is 450 g/mol.